The van der Waals surface area contributed by atoms with E-state index in [1.54, 1.807) is 4.68 Å². The molecule has 1 aromatic carbocycles. The molecular weight excluding hydrogens is 235 g/mol. The molecule has 2 heterocycles. The Labute approximate surface area is 104 Å². The highest BCUT2D eigenvalue weighted by Crippen LogP contribution is 2.39. The highest BCUT2D eigenvalue weighted by atomic mass is 19.1. The fourth-order valence-electron chi connectivity index (χ4n) is 2.12. The standard InChI is InChI=1S/C12H13FN4O/c1-4-7-5-8(13)10-9(6-7)17-11(14-15-16-17)12(2,3)18-10/h5-6H,4H2,1-3H3. The number of hydrogen-bond donors (Lipinski definition) is 0. The van der Waals surface area contributed by atoms with E-state index in [1.807, 2.05) is 26.8 Å². The lowest BCUT2D eigenvalue weighted by molar-refractivity contribution is 0.0796. The Balaban J connectivity index is 2.30. The van der Waals surface area contributed by atoms with Crippen LogP contribution in [0, 0.1) is 5.82 Å². The fraction of sp³-hybridized carbons (Fsp3) is 0.417. The third-order valence-electron chi connectivity index (χ3n) is 3.09. The van der Waals surface area contributed by atoms with Crippen LogP contribution in [-0.4, -0.2) is 20.2 Å². The number of fused-ring (bicyclic) bond motifs is 3. The molecule has 0 atom stereocenters. The maximum Gasteiger partial charge on any atom is 0.199 e. The molecule has 0 N–H and O–H groups in total. The van der Waals surface area contributed by atoms with Crippen LogP contribution in [0.3, 0.4) is 0 Å². The monoisotopic (exact) mass is 248 g/mol. The molecular formula is C12H13FN4O. The molecule has 1 aliphatic heterocycles. The molecule has 3 rings (SSSR count). The summed E-state index contributed by atoms with van der Waals surface area (Å²) in [5.74, 6) is 0.401. The minimum Gasteiger partial charge on any atom is -0.474 e. The van der Waals surface area contributed by atoms with Crippen LogP contribution in [0.1, 0.15) is 32.2 Å². The molecule has 0 saturated carbocycles. The summed E-state index contributed by atoms with van der Waals surface area (Å²) in [5, 5.41) is 11.5. The summed E-state index contributed by atoms with van der Waals surface area (Å²) in [6.07, 6.45) is 0.741. The molecule has 0 saturated heterocycles. The van der Waals surface area contributed by atoms with Gasteiger partial charge in [-0.1, -0.05) is 6.92 Å². The zero-order chi connectivity index (χ0) is 12.9. The van der Waals surface area contributed by atoms with Gasteiger partial charge in [0.2, 0.25) is 0 Å². The van der Waals surface area contributed by atoms with E-state index in [1.165, 1.54) is 6.07 Å². The second kappa shape index (κ2) is 3.51. The molecule has 18 heavy (non-hydrogen) atoms. The third kappa shape index (κ3) is 1.41. The summed E-state index contributed by atoms with van der Waals surface area (Å²) < 4.78 is 21.3. The molecule has 6 heteroatoms. The highest BCUT2D eigenvalue weighted by molar-refractivity contribution is 5.52. The first-order valence-electron chi connectivity index (χ1n) is 5.83. The van der Waals surface area contributed by atoms with Crippen LogP contribution >= 0.6 is 0 Å². The Morgan fingerprint density at radius 1 is 1.39 bits per heavy atom. The van der Waals surface area contributed by atoms with E-state index < -0.39 is 5.60 Å². The van der Waals surface area contributed by atoms with Crippen molar-refractivity contribution in [1.29, 1.82) is 0 Å². The average molecular weight is 248 g/mol. The number of hydrogen-bond acceptors (Lipinski definition) is 4. The Morgan fingerprint density at radius 2 is 2.17 bits per heavy atom. The van der Waals surface area contributed by atoms with Gasteiger partial charge in [-0.25, -0.2) is 4.39 Å². The molecule has 1 aromatic heterocycles. The lowest BCUT2D eigenvalue weighted by atomic mass is 10.0. The van der Waals surface area contributed by atoms with Crippen LogP contribution in [0.5, 0.6) is 5.75 Å². The van der Waals surface area contributed by atoms with Gasteiger partial charge < -0.3 is 4.74 Å². The first kappa shape index (κ1) is 11.1. The average Bonchev–Trinajstić information content (AvgIpc) is 2.80. The maximum absolute atomic E-state index is 14.1. The van der Waals surface area contributed by atoms with Crippen molar-refractivity contribution in [2.45, 2.75) is 32.8 Å². The van der Waals surface area contributed by atoms with E-state index in [0.29, 0.717) is 11.5 Å². The largest absolute Gasteiger partial charge is 0.474 e. The van der Waals surface area contributed by atoms with Gasteiger partial charge in [0, 0.05) is 0 Å². The van der Waals surface area contributed by atoms with Crippen LogP contribution in [0.2, 0.25) is 0 Å². The molecule has 0 amide bonds. The van der Waals surface area contributed by atoms with Gasteiger partial charge in [0.1, 0.15) is 5.69 Å². The number of nitrogens with zero attached hydrogens (tertiary/aromatic N) is 4. The molecule has 1 aliphatic rings. The van der Waals surface area contributed by atoms with Crippen LogP contribution < -0.4 is 4.74 Å². The summed E-state index contributed by atoms with van der Waals surface area (Å²) in [6.45, 7) is 5.59. The van der Waals surface area contributed by atoms with Crippen LogP contribution in [-0.2, 0) is 12.0 Å². The topological polar surface area (TPSA) is 52.8 Å². The normalized spacial score (nSPS) is 15.8. The minimum atomic E-state index is -0.745. The van der Waals surface area contributed by atoms with Crippen molar-refractivity contribution in [3.05, 3.63) is 29.3 Å². The highest BCUT2D eigenvalue weighted by Gasteiger charge is 2.37. The van der Waals surface area contributed by atoms with Gasteiger partial charge in [-0.3, -0.25) is 0 Å². The molecule has 0 radical (unpaired) electrons. The molecule has 94 valence electrons. The number of rotatable bonds is 1. The first-order valence-corrected chi connectivity index (χ1v) is 5.83. The number of aryl methyl sites for hydroxylation is 1. The number of benzene rings is 1. The van der Waals surface area contributed by atoms with E-state index >= 15 is 0 Å². The maximum atomic E-state index is 14.1. The molecule has 0 aliphatic carbocycles. The van der Waals surface area contributed by atoms with Crippen molar-refractivity contribution < 1.29 is 9.13 Å². The van der Waals surface area contributed by atoms with Gasteiger partial charge in [0.05, 0.1) is 0 Å². The smallest absolute Gasteiger partial charge is 0.199 e. The quantitative estimate of drug-likeness (QED) is 0.774. The van der Waals surface area contributed by atoms with Crippen molar-refractivity contribution in [1.82, 2.24) is 20.2 Å². The molecule has 0 unspecified atom stereocenters. The van der Waals surface area contributed by atoms with E-state index in [9.17, 15) is 4.39 Å². The number of aromatic nitrogens is 4. The van der Waals surface area contributed by atoms with E-state index in [2.05, 4.69) is 15.5 Å². The summed E-state index contributed by atoms with van der Waals surface area (Å²) in [4.78, 5) is 0. The Morgan fingerprint density at radius 3 is 2.89 bits per heavy atom. The summed E-state index contributed by atoms with van der Waals surface area (Å²) in [6, 6.07) is 3.35. The van der Waals surface area contributed by atoms with Gasteiger partial charge in [-0.05, 0) is 48.4 Å². The first-order chi connectivity index (χ1) is 8.53. The summed E-state index contributed by atoms with van der Waals surface area (Å²) in [5.41, 5.74) is 0.701. The molecule has 2 aromatic rings. The van der Waals surface area contributed by atoms with Crippen molar-refractivity contribution >= 4 is 0 Å². The molecule has 0 bridgehead atoms. The fourth-order valence-corrected chi connectivity index (χ4v) is 2.12. The number of ether oxygens (including phenoxy) is 1. The second-order valence-electron chi connectivity index (χ2n) is 4.81. The minimum absolute atomic E-state index is 0.206. The van der Waals surface area contributed by atoms with Gasteiger partial charge in [-0.15, -0.1) is 5.10 Å². The van der Waals surface area contributed by atoms with Crippen molar-refractivity contribution in [2.24, 2.45) is 0 Å². The lowest BCUT2D eigenvalue weighted by Gasteiger charge is -2.31. The Hall–Kier alpha value is -1.98. The van der Waals surface area contributed by atoms with Crippen molar-refractivity contribution in [2.75, 3.05) is 0 Å². The Bertz CT molecular complexity index is 621. The number of tetrazole rings is 1. The van der Waals surface area contributed by atoms with Crippen molar-refractivity contribution in [3.63, 3.8) is 0 Å². The molecule has 5 nitrogen and oxygen atoms in total. The zero-order valence-corrected chi connectivity index (χ0v) is 10.4. The van der Waals surface area contributed by atoms with E-state index in [-0.39, 0.29) is 11.6 Å². The molecule has 0 fully saturated rings. The van der Waals surface area contributed by atoms with Crippen LogP contribution in [0.4, 0.5) is 4.39 Å². The Kier molecular flexibility index (Phi) is 2.17. The predicted octanol–water partition coefficient (Wildman–Crippen LogP) is 1.99. The van der Waals surface area contributed by atoms with Gasteiger partial charge in [-0.2, -0.15) is 4.68 Å². The summed E-state index contributed by atoms with van der Waals surface area (Å²) >= 11 is 0. The van der Waals surface area contributed by atoms with Crippen LogP contribution in [0.15, 0.2) is 12.1 Å². The second-order valence-corrected chi connectivity index (χ2v) is 4.81. The SMILES string of the molecule is CCc1cc(F)c2c(c1)-n1nnnc1C(C)(C)O2. The summed E-state index contributed by atoms with van der Waals surface area (Å²) in [7, 11) is 0. The van der Waals surface area contributed by atoms with Gasteiger partial charge in [0.15, 0.2) is 23.0 Å². The number of halogens is 1. The molecule has 0 spiro atoms. The lowest BCUT2D eigenvalue weighted by Crippen LogP contribution is -2.34. The third-order valence-corrected chi connectivity index (χ3v) is 3.09. The van der Waals surface area contributed by atoms with Crippen LogP contribution in [0.25, 0.3) is 5.69 Å². The van der Waals surface area contributed by atoms with Gasteiger partial charge in [0.25, 0.3) is 0 Å². The predicted molar refractivity (Wildman–Crippen MR) is 62.1 cm³/mol. The van der Waals surface area contributed by atoms with E-state index in [4.69, 9.17) is 4.74 Å². The van der Waals surface area contributed by atoms with Gasteiger partial charge >= 0.3 is 0 Å². The van der Waals surface area contributed by atoms with Crippen molar-refractivity contribution in [3.8, 4) is 11.4 Å². The zero-order valence-electron chi connectivity index (χ0n) is 10.4. The van der Waals surface area contributed by atoms with E-state index in [0.717, 1.165) is 12.0 Å².